The molecular formula is C15H17N3O3S2. The predicted molar refractivity (Wildman–Crippen MR) is 93.0 cm³/mol. The number of nitrogens with one attached hydrogen (secondary N) is 1. The average Bonchev–Trinajstić information content (AvgIpc) is 3.05. The Bertz CT molecular complexity index is 760. The van der Waals surface area contributed by atoms with Gasteiger partial charge in [0.05, 0.1) is 22.2 Å². The zero-order chi connectivity index (χ0) is 16.6. The molecule has 1 aromatic carbocycles. The van der Waals surface area contributed by atoms with Gasteiger partial charge in [-0.15, -0.1) is 11.8 Å². The summed E-state index contributed by atoms with van der Waals surface area (Å²) in [5.74, 6) is 1.12. The molecule has 3 rings (SSSR count). The van der Waals surface area contributed by atoms with E-state index >= 15 is 0 Å². The first kappa shape index (κ1) is 16.1. The molecule has 1 unspecified atom stereocenters. The number of methoxy groups -OCH3 is 1. The van der Waals surface area contributed by atoms with E-state index in [1.807, 2.05) is 32.0 Å². The van der Waals surface area contributed by atoms with E-state index in [4.69, 9.17) is 4.74 Å². The van der Waals surface area contributed by atoms with E-state index < -0.39 is 6.04 Å². The maximum atomic E-state index is 12.5. The van der Waals surface area contributed by atoms with Crippen molar-refractivity contribution in [1.29, 1.82) is 0 Å². The van der Waals surface area contributed by atoms with E-state index in [0.29, 0.717) is 10.9 Å². The van der Waals surface area contributed by atoms with E-state index in [1.165, 1.54) is 11.3 Å². The lowest BCUT2D eigenvalue weighted by Gasteiger charge is -2.29. The first-order chi connectivity index (χ1) is 10.9. The van der Waals surface area contributed by atoms with E-state index in [2.05, 4.69) is 10.3 Å². The highest BCUT2D eigenvalue weighted by Crippen LogP contribution is 2.38. The number of benzene rings is 1. The zero-order valence-corrected chi connectivity index (χ0v) is 14.7. The second kappa shape index (κ2) is 6.01. The molecule has 1 N–H and O–H groups in total. The number of carbonyl (C=O) groups is 2. The van der Waals surface area contributed by atoms with Crippen molar-refractivity contribution in [3.63, 3.8) is 0 Å². The molecule has 0 spiro atoms. The Kier molecular flexibility index (Phi) is 4.20. The molecule has 0 radical (unpaired) electrons. The van der Waals surface area contributed by atoms with Crippen LogP contribution in [-0.4, -0.2) is 46.0 Å². The maximum Gasteiger partial charge on any atom is 0.249 e. The van der Waals surface area contributed by atoms with Crippen molar-refractivity contribution in [3.8, 4) is 5.75 Å². The van der Waals surface area contributed by atoms with Crippen molar-refractivity contribution in [3.05, 3.63) is 18.2 Å². The average molecular weight is 351 g/mol. The molecule has 0 bridgehead atoms. The highest BCUT2D eigenvalue weighted by atomic mass is 32.2. The number of hydrogen-bond acceptors (Lipinski definition) is 6. The molecule has 1 saturated heterocycles. The number of thioether (sulfide) groups is 1. The number of amides is 2. The maximum absolute atomic E-state index is 12.5. The smallest absolute Gasteiger partial charge is 0.249 e. The Morgan fingerprint density at radius 2 is 2.30 bits per heavy atom. The molecule has 2 heterocycles. The molecule has 8 heteroatoms. The Labute approximate surface area is 142 Å². The number of hydrogen-bond donors (Lipinski definition) is 1. The lowest BCUT2D eigenvalue weighted by Crippen LogP contribution is -2.47. The Balaban J connectivity index is 1.79. The van der Waals surface area contributed by atoms with Gasteiger partial charge in [0, 0.05) is 5.75 Å². The number of thiazole rings is 1. The SMILES string of the molecule is COc1ccc2nc(NC(=O)C3CSC(C)(C)N3C=O)sc2c1. The second-order valence-corrected chi connectivity index (χ2v) is 8.28. The van der Waals surface area contributed by atoms with Crippen LogP contribution in [0.4, 0.5) is 5.13 Å². The molecule has 1 aliphatic heterocycles. The number of aromatic nitrogens is 1. The Morgan fingerprint density at radius 1 is 1.52 bits per heavy atom. The predicted octanol–water partition coefficient (Wildman–Crippen LogP) is 2.55. The van der Waals surface area contributed by atoms with Crippen LogP contribution in [0.1, 0.15) is 13.8 Å². The molecule has 2 aromatic rings. The minimum absolute atomic E-state index is 0.207. The van der Waals surface area contributed by atoms with Crippen LogP contribution in [-0.2, 0) is 9.59 Å². The largest absolute Gasteiger partial charge is 0.497 e. The van der Waals surface area contributed by atoms with Gasteiger partial charge in [-0.05, 0) is 32.0 Å². The van der Waals surface area contributed by atoms with Crippen LogP contribution in [0.25, 0.3) is 10.2 Å². The number of carbonyl (C=O) groups excluding carboxylic acids is 2. The van der Waals surface area contributed by atoms with Gasteiger partial charge in [-0.3, -0.25) is 9.59 Å². The molecule has 122 valence electrons. The fourth-order valence-corrected chi connectivity index (χ4v) is 4.58. The van der Waals surface area contributed by atoms with E-state index in [9.17, 15) is 9.59 Å². The molecule has 0 saturated carbocycles. The van der Waals surface area contributed by atoms with Gasteiger partial charge in [-0.2, -0.15) is 0 Å². The summed E-state index contributed by atoms with van der Waals surface area (Å²) in [6, 6.07) is 5.09. The summed E-state index contributed by atoms with van der Waals surface area (Å²) in [6.07, 6.45) is 0.744. The van der Waals surface area contributed by atoms with Gasteiger partial charge in [-0.25, -0.2) is 4.98 Å². The van der Waals surface area contributed by atoms with Gasteiger partial charge in [0.1, 0.15) is 11.8 Å². The lowest BCUT2D eigenvalue weighted by atomic mass is 10.2. The number of ether oxygens (including phenoxy) is 1. The van der Waals surface area contributed by atoms with Crippen LogP contribution >= 0.6 is 23.1 Å². The van der Waals surface area contributed by atoms with E-state index in [-0.39, 0.29) is 10.8 Å². The van der Waals surface area contributed by atoms with Gasteiger partial charge >= 0.3 is 0 Å². The fourth-order valence-electron chi connectivity index (χ4n) is 2.49. The van der Waals surface area contributed by atoms with Crippen LogP contribution in [0, 0.1) is 0 Å². The first-order valence-corrected chi connectivity index (χ1v) is 8.88. The summed E-state index contributed by atoms with van der Waals surface area (Å²) >= 11 is 2.98. The number of fused-ring (bicyclic) bond motifs is 1. The molecule has 23 heavy (non-hydrogen) atoms. The van der Waals surface area contributed by atoms with E-state index in [0.717, 1.165) is 22.4 Å². The molecular weight excluding hydrogens is 334 g/mol. The molecule has 2 amide bonds. The topological polar surface area (TPSA) is 71.5 Å². The van der Waals surface area contributed by atoms with Crippen molar-refractivity contribution in [2.45, 2.75) is 24.8 Å². The number of nitrogens with zero attached hydrogens (tertiary/aromatic N) is 2. The second-order valence-electron chi connectivity index (χ2n) is 5.63. The van der Waals surface area contributed by atoms with Crippen molar-refractivity contribution < 1.29 is 14.3 Å². The van der Waals surface area contributed by atoms with E-state index in [1.54, 1.807) is 23.8 Å². The van der Waals surface area contributed by atoms with Crippen LogP contribution in [0.15, 0.2) is 18.2 Å². The highest BCUT2D eigenvalue weighted by Gasteiger charge is 2.43. The van der Waals surface area contributed by atoms with Crippen molar-refractivity contribution in [1.82, 2.24) is 9.88 Å². The van der Waals surface area contributed by atoms with Crippen LogP contribution in [0.5, 0.6) is 5.75 Å². The Morgan fingerprint density at radius 3 is 3.00 bits per heavy atom. The van der Waals surface area contributed by atoms with Gasteiger partial charge in [0.2, 0.25) is 12.3 Å². The third-order valence-corrected chi connectivity index (χ3v) is 6.13. The summed E-state index contributed by atoms with van der Waals surface area (Å²) in [7, 11) is 1.61. The third-order valence-electron chi connectivity index (χ3n) is 3.79. The van der Waals surface area contributed by atoms with Crippen LogP contribution in [0.3, 0.4) is 0 Å². The summed E-state index contributed by atoms with van der Waals surface area (Å²) < 4.78 is 6.13. The highest BCUT2D eigenvalue weighted by molar-refractivity contribution is 8.00. The molecule has 0 aliphatic carbocycles. The molecule has 6 nitrogen and oxygen atoms in total. The molecule has 1 atom stereocenters. The third kappa shape index (κ3) is 3.00. The minimum Gasteiger partial charge on any atom is -0.497 e. The van der Waals surface area contributed by atoms with Gasteiger partial charge in [-0.1, -0.05) is 11.3 Å². The van der Waals surface area contributed by atoms with Crippen LogP contribution in [0.2, 0.25) is 0 Å². The number of rotatable bonds is 4. The summed E-state index contributed by atoms with van der Waals surface area (Å²) in [5, 5.41) is 3.35. The monoisotopic (exact) mass is 351 g/mol. The van der Waals surface area contributed by atoms with Crippen molar-refractivity contribution >= 4 is 50.8 Å². The summed E-state index contributed by atoms with van der Waals surface area (Å²) in [5.41, 5.74) is 0.805. The molecule has 1 aromatic heterocycles. The molecule has 1 fully saturated rings. The van der Waals surface area contributed by atoms with Crippen LogP contribution < -0.4 is 10.1 Å². The summed E-state index contributed by atoms with van der Waals surface area (Å²) in [6.45, 7) is 3.87. The van der Waals surface area contributed by atoms with Crippen molar-refractivity contribution in [2.75, 3.05) is 18.2 Å². The first-order valence-electron chi connectivity index (χ1n) is 7.08. The quantitative estimate of drug-likeness (QED) is 0.857. The standard InChI is InChI=1S/C15H17N3O3S2/c1-15(2)18(8-19)11(7-22-15)13(20)17-14-16-10-5-4-9(21-3)6-12(10)23-14/h4-6,8,11H,7H2,1-3H3,(H,16,17,20). The van der Waals surface area contributed by atoms with Gasteiger partial charge < -0.3 is 15.0 Å². The van der Waals surface area contributed by atoms with Crippen molar-refractivity contribution in [2.24, 2.45) is 0 Å². The fraction of sp³-hybridized carbons (Fsp3) is 0.400. The lowest BCUT2D eigenvalue weighted by molar-refractivity contribution is -0.130. The Hall–Kier alpha value is -1.80. The number of anilines is 1. The minimum atomic E-state index is -0.478. The molecule has 1 aliphatic rings. The zero-order valence-electron chi connectivity index (χ0n) is 13.0. The van der Waals surface area contributed by atoms with Gasteiger partial charge in [0.15, 0.2) is 5.13 Å². The summed E-state index contributed by atoms with van der Waals surface area (Å²) in [4.78, 5) is 29.4. The normalized spacial score (nSPS) is 19.8. The van der Waals surface area contributed by atoms with Gasteiger partial charge in [0.25, 0.3) is 0 Å².